The second kappa shape index (κ2) is 8.31. The van der Waals surface area contributed by atoms with Crippen molar-refractivity contribution in [1.29, 1.82) is 0 Å². The summed E-state index contributed by atoms with van der Waals surface area (Å²) in [5.74, 6) is -0.0357. The summed E-state index contributed by atoms with van der Waals surface area (Å²) in [6.07, 6.45) is 2.29. The van der Waals surface area contributed by atoms with Crippen LogP contribution in [-0.4, -0.2) is 49.4 Å². The highest BCUT2D eigenvalue weighted by Gasteiger charge is 2.27. The van der Waals surface area contributed by atoms with Crippen molar-refractivity contribution in [2.24, 2.45) is 0 Å². The fourth-order valence-corrected chi connectivity index (χ4v) is 1.69. The van der Waals surface area contributed by atoms with Crippen LogP contribution < -0.4 is 10.6 Å². The molecule has 1 aliphatic heterocycles. The van der Waals surface area contributed by atoms with Gasteiger partial charge in [-0.3, -0.25) is 9.59 Å². The first kappa shape index (κ1) is 16.2. The molecule has 0 radical (unpaired) electrons. The molecule has 1 fully saturated rings. The van der Waals surface area contributed by atoms with E-state index in [0.29, 0.717) is 13.1 Å². The second-order valence-corrected chi connectivity index (χ2v) is 4.17. The van der Waals surface area contributed by atoms with Gasteiger partial charge < -0.3 is 15.5 Å². The van der Waals surface area contributed by atoms with Crippen molar-refractivity contribution in [2.75, 3.05) is 26.7 Å². The Balaban J connectivity index is 0.00000256. The molecule has 1 aliphatic rings. The highest BCUT2D eigenvalue weighted by molar-refractivity contribution is 5.88. The molecule has 1 saturated heterocycles. The van der Waals surface area contributed by atoms with E-state index in [0.717, 1.165) is 19.4 Å². The zero-order chi connectivity index (χ0) is 12.0. The molecule has 5 nitrogen and oxygen atoms in total. The van der Waals surface area contributed by atoms with Gasteiger partial charge in [-0.15, -0.1) is 12.4 Å². The minimum absolute atomic E-state index is 0. The number of carbonyl (C=O) groups excluding carboxylic acids is 2. The average Bonchev–Trinajstić information content (AvgIpc) is 2.25. The van der Waals surface area contributed by atoms with Crippen LogP contribution in [0, 0.1) is 0 Å². The van der Waals surface area contributed by atoms with Gasteiger partial charge >= 0.3 is 0 Å². The molecule has 0 aromatic carbocycles. The lowest BCUT2D eigenvalue weighted by Crippen LogP contribution is -2.54. The summed E-state index contributed by atoms with van der Waals surface area (Å²) in [6.45, 7) is 4.25. The smallest absolute Gasteiger partial charge is 0.240 e. The molecule has 1 rings (SSSR count). The van der Waals surface area contributed by atoms with E-state index in [1.807, 2.05) is 0 Å². The average molecular weight is 264 g/mol. The third kappa shape index (κ3) is 5.37. The van der Waals surface area contributed by atoms with Crippen LogP contribution >= 0.6 is 12.4 Å². The van der Waals surface area contributed by atoms with Crippen LogP contribution in [0.5, 0.6) is 0 Å². The van der Waals surface area contributed by atoms with Gasteiger partial charge in [0, 0.05) is 26.7 Å². The number of likely N-dealkylation sites (N-methyl/N-ethyl adjacent to an activating group) is 1. The van der Waals surface area contributed by atoms with Crippen LogP contribution in [0.25, 0.3) is 0 Å². The van der Waals surface area contributed by atoms with Crippen LogP contribution in [-0.2, 0) is 9.59 Å². The van der Waals surface area contributed by atoms with Crippen LogP contribution in [0.2, 0.25) is 0 Å². The summed E-state index contributed by atoms with van der Waals surface area (Å²) in [4.78, 5) is 24.9. The second-order valence-electron chi connectivity index (χ2n) is 4.17. The lowest BCUT2D eigenvalue weighted by molar-refractivity contribution is -0.136. The summed E-state index contributed by atoms with van der Waals surface area (Å²) in [6, 6.07) is -0.347. The van der Waals surface area contributed by atoms with Crippen molar-refractivity contribution in [2.45, 2.75) is 32.2 Å². The van der Waals surface area contributed by atoms with Crippen molar-refractivity contribution in [1.82, 2.24) is 15.5 Å². The van der Waals surface area contributed by atoms with Crippen molar-refractivity contribution in [3.63, 3.8) is 0 Å². The Bertz CT molecular complexity index is 261. The molecule has 0 aromatic rings. The molecule has 0 aliphatic carbocycles. The standard InChI is InChI=1S/C11H21N3O2.ClH/c1-3-4-5-13-10(15)8-9-11(16)14(2)7-6-12-9;/h9,12H,3-8H2,1-2H3,(H,13,15);1H. The number of carbonyl (C=O) groups is 2. The molecule has 0 spiro atoms. The Kier molecular flexibility index (Phi) is 7.91. The molecular weight excluding hydrogens is 242 g/mol. The first-order chi connectivity index (χ1) is 7.65. The molecule has 6 heteroatoms. The van der Waals surface area contributed by atoms with Crippen molar-refractivity contribution in [3.05, 3.63) is 0 Å². The minimum atomic E-state index is -0.347. The quantitative estimate of drug-likeness (QED) is 0.694. The van der Waals surface area contributed by atoms with Crippen molar-refractivity contribution in [3.8, 4) is 0 Å². The number of nitrogens with zero attached hydrogens (tertiary/aromatic N) is 1. The van der Waals surface area contributed by atoms with E-state index >= 15 is 0 Å². The highest BCUT2D eigenvalue weighted by Crippen LogP contribution is 2.02. The lowest BCUT2D eigenvalue weighted by Gasteiger charge is -2.29. The third-order valence-corrected chi connectivity index (χ3v) is 2.75. The first-order valence-corrected chi connectivity index (χ1v) is 5.90. The maximum Gasteiger partial charge on any atom is 0.240 e. The number of hydrogen-bond donors (Lipinski definition) is 2. The molecule has 1 atom stereocenters. The molecular formula is C11H22ClN3O2. The van der Waals surface area contributed by atoms with Gasteiger partial charge in [0.05, 0.1) is 12.5 Å². The predicted octanol–water partition coefficient (Wildman–Crippen LogP) is 0.145. The first-order valence-electron chi connectivity index (χ1n) is 5.90. The molecule has 100 valence electrons. The molecule has 1 heterocycles. The van der Waals surface area contributed by atoms with Gasteiger partial charge in [-0.1, -0.05) is 13.3 Å². The van der Waals surface area contributed by atoms with Crippen LogP contribution in [0.15, 0.2) is 0 Å². The van der Waals surface area contributed by atoms with E-state index in [1.165, 1.54) is 0 Å². The summed E-state index contributed by atoms with van der Waals surface area (Å²) in [5.41, 5.74) is 0. The van der Waals surface area contributed by atoms with Gasteiger partial charge in [0.15, 0.2) is 0 Å². The molecule has 1 unspecified atom stereocenters. The van der Waals surface area contributed by atoms with Crippen molar-refractivity contribution >= 4 is 24.2 Å². The monoisotopic (exact) mass is 263 g/mol. The van der Waals surface area contributed by atoms with E-state index in [9.17, 15) is 9.59 Å². The topological polar surface area (TPSA) is 61.4 Å². The van der Waals surface area contributed by atoms with E-state index in [2.05, 4.69) is 17.6 Å². The fourth-order valence-electron chi connectivity index (χ4n) is 1.69. The third-order valence-electron chi connectivity index (χ3n) is 2.75. The molecule has 17 heavy (non-hydrogen) atoms. The highest BCUT2D eigenvalue weighted by atomic mass is 35.5. The maximum absolute atomic E-state index is 11.7. The molecule has 0 bridgehead atoms. The number of unbranched alkanes of at least 4 members (excludes halogenated alkanes) is 1. The normalized spacial score (nSPS) is 19.8. The van der Waals surface area contributed by atoms with E-state index < -0.39 is 0 Å². The Labute approximate surface area is 109 Å². The van der Waals surface area contributed by atoms with E-state index in [-0.39, 0.29) is 36.7 Å². The summed E-state index contributed by atoms with van der Waals surface area (Å²) in [7, 11) is 1.77. The number of rotatable bonds is 5. The lowest BCUT2D eigenvalue weighted by atomic mass is 10.1. The molecule has 0 aromatic heterocycles. The van der Waals surface area contributed by atoms with E-state index in [4.69, 9.17) is 0 Å². The van der Waals surface area contributed by atoms with Gasteiger partial charge in [0.1, 0.15) is 0 Å². The van der Waals surface area contributed by atoms with E-state index in [1.54, 1.807) is 11.9 Å². The molecule has 2 N–H and O–H groups in total. The van der Waals surface area contributed by atoms with Gasteiger partial charge in [-0.25, -0.2) is 0 Å². The summed E-state index contributed by atoms with van der Waals surface area (Å²) in [5, 5.41) is 5.89. The number of nitrogens with one attached hydrogen (secondary N) is 2. The predicted molar refractivity (Wildman–Crippen MR) is 69.2 cm³/mol. The van der Waals surface area contributed by atoms with Crippen LogP contribution in [0.3, 0.4) is 0 Å². The SMILES string of the molecule is CCCCNC(=O)CC1NCCN(C)C1=O.Cl. The summed E-state index contributed by atoms with van der Waals surface area (Å²) < 4.78 is 0. The number of halogens is 1. The Morgan fingerprint density at radius 1 is 1.59 bits per heavy atom. The van der Waals surface area contributed by atoms with Gasteiger partial charge in [-0.05, 0) is 6.42 Å². The van der Waals surface area contributed by atoms with Gasteiger partial charge in [-0.2, -0.15) is 0 Å². The summed E-state index contributed by atoms with van der Waals surface area (Å²) >= 11 is 0. The van der Waals surface area contributed by atoms with Crippen LogP contribution in [0.4, 0.5) is 0 Å². The number of piperazine rings is 1. The van der Waals surface area contributed by atoms with Gasteiger partial charge in [0.2, 0.25) is 11.8 Å². The Morgan fingerprint density at radius 3 is 2.94 bits per heavy atom. The molecule has 2 amide bonds. The minimum Gasteiger partial charge on any atom is -0.356 e. The molecule has 0 saturated carbocycles. The number of amides is 2. The maximum atomic E-state index is 11.7. The zero-order valence-corrected chi connectivity index (χ0v) is 11.3. The Hall–Kier alpha value is -0.810. The largest absolute Gasteiger partial charge is 0.356 e. The zero-order valence-electron chi connectivity index (χ0n) is 10.5. The van der Waals surface area contributed by atoms with Crippen molar-refractivity contribution < 1.29 is 9.59 Å². The fraction of sp³-hybridized carbons (Fsp3) is 0.818. The van der Waals surface area contributed by atoms with Crippen LogP contribution in [0.1, 0.15) is 26.2 Å². The number of hydrogen-bond acceptors (Lipinski definition) is 3. The van der Waals surface area contributed by atoms with Gasteiger partial charge in [0.25, 0.3) is 0 Å². The Morgan fingerprint density at radius 2 is 2.29 bits per heavy atom.